The Kier molecular flexibility index (Phi) is 6.68. The molecule has 0 heterocycles. The van der Waals surface area contributed by atoms with Crippen molar-refractivity contribution in [2.75, 3.05) is 23.4 Å². The normalized spacial score (nSPS) is 13.2. The third kappa shape index (κ3) is 5.04. The molecular weight excluding hydrogens is 280 g/mol. The molecule has 19 heavy (non-hydrogen) atoms. The molecule has 0 radical (unpaired) electrons. The second kappa shape index (κ2) is 7.77. The maximum atomic E-state index is 12.1. The van der Waals surface area contributed by atoms with Gasteiger partial charge in [0.2, 0.25) is 10.0 Å². The van der Waals surface area contributed by atoms with E-state index in [1.807, 2.05) is 17.8 Å². The van der Waals surface area contributed by atoms with Crippen LogP contribution in [0.5, 0.6) is 0 Å². The van der Waals surface area contributed by atoms with Crippen molar-refractivity contribution in [3.63, 3.8) is 0 Å². The van der Waals surface area contributed by atoms with E-state index in [0.29, 0.717) is 17.1 Å². The topological polar surface area (TPSA) is 58.2 Å². The highest BCUT2D eigenvalue weighted by Crippen LogP contribution is 2.21. The van der Waals surface area contributed by atoms with Crippen molar-refractivity contribution in [2.45, 2.75) is 31.7 Å². The van der Waals surface area contributed by atoms with E-state index in [4.69, 9.17) is 0 Å². The molecule has 0 fully saturated rings. The maximum absolute atomic E-state index is 12.1. The van der Waals surface area contributed by atoms with Crippen LogP contribution in [0.3, 0.4) is 0 Å². The second-order valence-electron chi connectivity index (χ2n) is 4.20. The largest absolute Gasteiger partial charge is 0.381 e. The molecule has 0 saturated carbocycles. The molecule has 108 valence electrons. The summed E-state index contributed by atoms with van der Waals surface area (Å²) in [4.78, 5) is 0.310. The summed E-state index contributed by atoms with van der Waals surface area (Å²) in [5.74, 6) is 2.01. The van der Waals surface area contributed by atoms with Gasteiger partial charge in [0.25, 0.3) is 0 Å². The quantitative estimate of drug-likeness (QED) is 0.775. The third-order valence-corrected chi connectivity index (χ3v) is 5.23. The van der Waals surface area contributed by atoms with Crippen LogP contribution in [0, 0.1) is 0 Å². The van der Waals surface area contributed by atoms with Gasteiger partial charge in [0, 0.05) is 18.3 Å². The van der Waals surface area contributed by atoms with Crippen molar-refractivity contribution in [3.8, 4) is 0 Å². The Morgan fingerprint density at radius 2 is 1.95 bits per heavy atom. The smallest absolute Gasteiger partial charge is 0.242 e. The molecule has 1 rings (SSSR count). The summed E-state index contributed by atoms with van der Waals surface area (Å²) >= 11 is 1.83. The summed E-state index contributed by atoms with van der Waals surface area (Å²) in [6, 6.07) is 7.23. The molecule has 0 bridgehead atoms. The first-order valence-corrected chi connectivity index (χ1v) is 9.08. The van der Waals surface area contributed by atoms with E-state index in [9.17, 15) is 8.42 Å². The Labute approximate surface area is 120 Å². The molecule has 1 atom stereocenters. The van der Waals surface area contributed by atoms with Gasteiger partial charge in [-0.1, -0.05) is 26.0 Å². The van der Waals surface area contributed by atoms with Gasteiger partial charge in [-0.05, 0) is 24.8 Å². The highest BCUT2D eigenvalue weighted by molar-refractivity contribution is 7.99. The molecule has 0 aliphatic heterocycles. The Morgan fingerprint density at radius 3 is 2.58 bits per heavy atom. The lowest BCUT2D eigenvalue weighted by molar-refractivity contribution is 0.584. The maximum Gasteiger partial charge on any atom is 0.242 e. The van der Waals surface area contributed by atoms with Gasteiger partial charge in [-0.2, -0.15) is 11.8 Å². The molecule has 1 aromatic carbocycles. The third-order valence-electron chi connectivity index (χ3n) is 2.48. The minimum atomic E-state index is -3.43. The minimum Gasteiger partial charge on any atom is -0.381 e. The summed E-state index contributed by atoms with van der Waals surface area (Å²) in [6.07, 6.45) is 0. The van der Waals surface area contributed by atoms with E-state index >= 15 is 0 Å². The fourth-order valence-corrected chi connectivity index (χ4v) is 3.57. The standard InChI is InChI=1S/C13H22N2O2S2/c1-4-14-19(16,17)13-9-7-6-8-12(13)15-11(3)10-18-5-2/h6-9,11,14-15H,4-5,10H2,1-3H3. The van der Waals surface area contributed by atoms with Crippen molar-refractivity contribution >= 4 is 27.5 Å². The molecule has 2 N–H and O–H groups in total. The van der Waals surface area contributed by atoms with Gasteiger partial charge in [0.1, 0.15) is 4.90 Å². The number of hydrogen-bond acceptors (Lipinski definition) is 4. The molecule has 0 spiro atoms. The molecule has 0 amide bonds. The fraction of sp³-hybridized carbons (Fsp3) is 0.538. The number of thioether (sulfide) groups is 1. The number of rotatable bonds is 8. The average molecular weight is 302 g/mol. The highest BCUT2D eigenvalue weighted by atomic mass is 32.2. The van der Waals surface area contributed by atoms with Crippen molar-refractivity contribution in [1.29, 1.82) is 0 Å². The van der Waals surface area contributed by atoms with Crippen LogP contribution in [0.25, 0.3) is 0 Å². The molecule has 1 aromatic rings. The van der Waals surface area contributed by atoms with E-state index in [1.54, 1.807) is 25.1 Å². The summed E-state index contributed by atoms with van der Waals surface area (Å²) in [5.41, 5.74) is 0.660. The van der Waals surface area contributed by atoms with E-state index in [2.05, 4.69) is 23.9 Å². The highest BCUT2D eigenvalue weighted by Gasteiger charge is 2.17. The van der Waals surface area contributed by atoms with Crippen LogP contribution in [0.4, 0.5) is 5.69 Å². The monoisotopic (exact) mass is 302 g/mol. The van der Waals surface area contributed by atoms with Crippen LogP contribution in [0.2, 0.25) is 0 Å². The van der Waals surface area contributed by atoms with Crippen LogP contribution in [-0.2, 0) is 10.0 Å². The molecule has 0 aliphatic carbocycles. The zero-order valence-corrected chi connectivity index (χ0v) is 13.3. The van der Waals surface area contributed by atoms with Gasteiger partial charge >= 0.3 is 0 Å². The van der Waals surface area contributed by atoms with E-state index in [0.717, 1.165) is 11.5 Å². The summed E-state index contributed by atoms with van der Waals surface area (Å²) in [7, 11) is -3.43. The number of nitrogens with one attached hydrogen (secondary N) is 2. The van der Waals surface area contributed by atoms with Gasteiger partial charge in [-0.25, -0.2) is 13.1 Å². The van der Waals surface area contributed by atoms with E-state index in [1.165, 1.54) is 0 Å². The molecule has 0 aromatic heterocycles. The van der Waals surface area contributed by atoms with Crippen LogP contribution in [-0.4, -0.2) is 32.5 Å². The molecular formula is C13H22N2O2S2. The number of benzene rings is 1. The van der Waals surface area contributed by atoms with Crippen LogP contribution >= 0.6 is 11.8 Å². The van der Waals surface area contributed by atoms with Gasteiger partial charge in [-0.15, -0.1) is 0 Å². The molecule has 0 saturated heterocycles. The van der Waals surface area contributed by atoms with Gasteiger partial charge in [-0.3, -0.25) is 0 Å². The number of hydrogen-bond donors (Lipinski definition) is 2. The van der Waals surface area contributed by atoms with Crippen molar-refractivity contribution in [2.24, 2.45) is 0 Å². The molecule has 6 heteroatoms. The molecule has 4 nitrogen and oxygen atoms in total. The SMILES string of the molecule is CCNS(=O)(=O)c1ccccc1NC(C)CSCC. The number of sulfonamides is 1. The first-order valence-electron chi connectivity index (χ1n) is 6.44. The van der Waals surface area contributed by atoms with Gasteiger partial charge in [0.15, 0.2) is 0 Å². The predicted octanol–water partition coefficient (Wildman–Crippen LogP) is 2.54. The average Bonchev–Trinajstić information content (AvgIpc) is 2.36. The van der Waals surface area contributed by atoms with Crippen molar-refractivity contribution < 1.29 is 8.42 Å². The Morgan fingerprint density at radius 1 is 1.26 bits per heavy atom. The second-order valence-corrected chi connectivity index (χ2v) is 7.26. The van der Waals surface area contributed by atoms with Crippen molar-refractivity contribution in [3.05, 3.63) is 24.3 Å². The predicted molar refractivity (Wildman–Crippen MR) is 83.4 cm³/mol. The van der Waals surface area contributed by atoms with E-state index < -0.39 is 10.0 Å². The molecule has 1 unspecified atom stereocenters. The Balaban J connectivity index is 2.90. The van der Waals surface area contributed by atoms with Crippen LogP contribution in [0.1, 0.15) is 20.8 Å². The summed E-state index contributed by atoms with van der Waals surface area (Å²) < 4.78 is 26.7. The zero-order valence-electron chi connectivity index (χ0n) is 11.6. The minimum absolute atomic E-state index is 0.225. The lowest BCUT2D eigenvalue weighted by Gasteiger charge is -2.17. The van der Waals surface area contributed by atoms with Gasteiger partial charge < -0.3 is 5.32 Å². The summed E-state index contributed by atoms with van der Waals surface area (Å²) in [6.45, 7) is 6.33. The lowest BCUT2D eigenvalue weighted by Crippen LogP contribution is -2.26. The van der Waals surface area contributed by atoms with Crippen LogP contribution < -0.4 is 10.0 Å². The Hall–Kier alpha value is -0.720. The zero-order chi connectivity index (χ0) is 14.3. The van der Waals surface area contributed by atoms with Gasteiger partial charge in [0.05, 0.1) is 5.69 Å². The first kappa shape index (κ1) is 16.3. The van der Waals surface area contributed by atoms with Crippen LogP contribution in [0.15, 0.2) is 29.2 Å². The molecule has 0 aliphatic rings. The Bertz CT molecular complexity index is 489. The fourth-order valence-electron chi connectivity index (χ4n) is 1.69. The summed E-state index contributed by atoms with van der Waals surface area (Å²) in [5, 5.41) is 3.27. The number of para-hydroxylation sites is 1. The first-order chi connectivity index (χ1) is 9.01. The van der Waals surface area contributed by atoms with Crippen molar-refractivity contribution in [1.82, 2.24) is 4.72 Å². The lowest BCUT2D eigenvalue weighted by atomic mass is 10.3. The van der Waals surface area contributed by atoms with E-state index in [-0.39, 0.29) is 6.04 Å². The number of anilines is 1.